The molecule has 0 aliphatic heterocycles. The summed E-state index contributed by atoms with van der Waals surface area (Å²) < 4.78 is 0. The summed E-state index contributed by atoms with van der Waals surface area (Å²) in [6, 6.07) is 6.78. The fraction of sp³-hybridized carbons (Fsp3) is 0.300. The molecular formula is C10H11NOW. The Balaban J connectivity index is 0.00000144. The molecule has 0 N–H and O–H groups in total. The first kappa shape index (κ1) is 12.4. The van der Waals surface area contributed by atoms with Crippen LogP contribution >= 0.6 is 0 Å². The van der Waals surface area contributed by atoms with Crippen LogP contribution < -0.4 is 4.90 Å². The van der Waals surface area contributed by atoms with E-state index in [4.69, 9.17) is 0 Å². The Morgan fingerprint density at radius 1 is 1.38 bits per heavy atom. The van der Waals surface area contributed by atoms with E-state index in [-0.39, 0.29) is 21.1 Å². The van der Waals surface area contributed by atoms with Crippen molar-refractivity contribution in [3.8, 4) is 0 Å². The number of rotatable bonds is 2. The van der Waals surface area contributed by atoms with Crippen LogP contribution in [0.15, 0.2) is 12.1 Å². The van der Waals surface area contributed by atoms with Crippen LogP contribution in [0.25, 0.3) is 0 Å². The summed E-state index contributed by atoms with van der Waals surface area (Å²) in [7, 11) is 1.66. The molecule has 0 spiro atoms. The predicted octanol–water partition coefficient (Wildman–Crippen LogP) is 1.60. The molecule has 1 rings (SSSR count). The Bertz CT molecular complexity index is 299. The quantitative estimate of drug-likeness (QED) is 0.589. The van der Waals surface area contributed by atoms with Crippen molar-refractivity contribution in [2.45, 2.75) is 13.8 Å². The van der Waals surface area contributed by atoms with Gasteiger partial charge in [0, 0.05) is 0 Å². The maximum atomic E-state index is 10.3. The Labute approximate surface area is 93.2 Å². The van der Waals surface area contributed by atoms with E-state index in [1.807, 2.05) is 26.0 Å². The summed E-state index contributed by atoms with van der Waals surface area (Å²) in [6.45, 7) is 4.02. The van der Waals surface area contributed by atoms with E-state index in [1.165, 1.54) is 10.5 Å². The van der Waals surface area contributed by atoms with Crippen LogP contribution in [-0.4, -0.2) is 13.5 Å². The van der Waals surface area contributed by atoms with Crippen molar-refractivity contribution in [1.82, 2.24) is 0 Å². The van der Waals surface area contributed by atoms with Crippen LogP contribution in [0.4, 0.5) is 5.69 Å². The minimum atomic E-state index is 0. The minimum Gasteiger partial charge on any atom is -0.501 e. The minimum absolute atomic E-state index is 0. The molecule has 0 heterocycles. The van der Waals surface area contributed by atoms with E-state index in [2.05, 4.69) is 6.07 Å². The summed E-state index contributed by atoms with van der Waals surface area (Å²) in [4.78, 5) is 11.7. The topological polar surface area (TPSA) is 20.3 Å². The molecule has 13 heavy (non-hydrogen) atoms. The third-order valence-corrected chi connectivity index (χ3v) is 1.91. The van der Waals surface area contributed by atoms with E-state index in [0.29, 0.717) is 0 Å². The molecule has 1 amide bonds. The molecule has 2 nitrogen and oxygen atoms in total. The Hall–Kier alpha value is -0.622. The van der Waals surface area contributed by atoms with Crippen molar-refractivity contribution in [3.63, 3.8) is 0 Å². The Morgan fingerprint density at radius 2 is 2.00 bits per heavy atom. The van der Waals surface area contributed by atoms with Gasteiger partial charge in [0.25, 0.3) is 0 Å². The van der Waals surface area contributed by atoms with Gasteiger partial charge in [-0.1, -0.05) is 13.8 Å². The molecular weight excluding hydrogens is 334 g/mol. The Kier molecular flexibility index (Phi) is 4.93. The molecule has 0 aromatic heterocycles. The smallest absolute Gasteiger partial charge is 0.501 e. The molecule has 0 unspecified atom stereocenters. The van der Waals surface area contributed by atoms with Gasteiger partial charge in [-0.3, -0.25) is 6.07 Å². The van der Waals surface area contributed by atoms with Crippen molar-refractivity contribution in [2.75, 3.05) is 11.9 Å². The second-order valence-electron chi connectivity index (χ2n) is 2.83. The Morgan fingerprint density at radius 3 is 2.46 bits per heavy atom. The number of nitrogens with zero attached hydrogens (tertiary/aromatic N) is 1. The molecule has 0 aliphatic carbocycles. The molecule has 1 aromatic carbocycles. The zero-order chi connectivity index (χ0) is 9.14. The average Bonchev–Trinajstić information content (AvgIpc) is 2.08. The molecule has 0 aliphatic rings. The van der Waals surface area contributed by atoms with Gasteiger partial charge < -0.3 is 9.69 Å². The van der Waals surface area contributed by atoms with Gasteiger partial charge in [-0.05, 0) is 7.05 Å². The molecule has 68 valence electrons. The zero-order valence-electron chi connectivity index (χ0n) is 7.92. The van der Waals surface area contributed by atoms with E-state index in [9.17, 15) is 4.79 Å². The van der Waals surface area contributed by atoms with Crippen molar-refractivity contribution in [3.05, 3.63) is 29.3 Å². The number of aryl methyl sites for hydroxylation is 2. The maximum Gasteiger partial charge on any atom is 2.00 e. The summed E-state index contributed by atoms with van der Waals surface area (Å²) in [5.41, 5.74) is 3.09. The number of benzene rings is 1. The monoisotopic (exact) mass is 345 g/mol. The molecule has 0 saturated heterocycles. The molecule has 0 atom stereocenters. The van der Waals surface area contributed by atoms with Crippen LogP contribution in [0, 0.1) is 19.9 Å². The first-order valence-corrected chi connectivity index (χ1v) is 3.75. The summed E-state index contributed by atoms with van der Waals surface area (Å²) in [5, 5.41) is 0. The van der Waals surface area contributed by atoms with Crippen LogP contribution in [0.3, 0.4) is 0 Å². The number of hydrogen-bond acceptors (Lipinski definition) is 1. The summed E-state index contributed by atoms with van der Waals surface area (Å²) in [6.07, 6.45) is 1.78. The number of hydrogen-bond donors (Lipinski definition) is 0. The van der Waals surface area contributed by atoms with Gasteiger partial charge in [0.05, 0.1) is 6.41 Å². The first-order chi connectivity index (χ1) is 5.65. The molecule has 0 fully saturated rings. The third-order valence-electron chi connectivity index (χ3n) is 1.91. The third kappa shape index (κ3) is 2.96. The second kappa shape index (κ2) is 5.18. The van der Waals surface area contributed by atoms with E-state index < -0.39 is 0 Å². The van der Waals surface area contributed by atoms with Crippen molar-refractivity contribution >= 4 is 12.1 Å². The number of amides is 1. The van der Waals surface area contributed by atoms with Gasteiger partial charge in [-0.2, -0.15) is 17.2 Å². The maximum absolute atomic E-state index is 10.3. The normalized spacial score (nSPS) is 8.85. The molecule has 3 heteroatoms. The first-order valence-electron chi connectivity index (χ1n) is 3.75. The van der Waals surface area contributed by atoms with Gasteiger partial charge in [-0.15, -0.1) is 0 Å². The van der Waals surface area contributed by atoms with Gasteiger partial charge in [0.1, 0.15) is 0 Å². The predicted molar refractivity (Wildman–Crippen MR) is 48.8 cm³/mol. The molecule has 1 aromatic rings. The number of anilines is 1. The van der Waals surface area contributed by atoms with Crippen LogP contribution in [0.5, 0.6) is 0 Å². The van der Waals surface area contributed by atoms with E-state index >= 15 is 0 Å². The largest absolute Gasteiger partial charge is 2.00 e. The van der Waals surface area contributed by atoms with Gasteiger partial charge in [0.15, 0.2) is 0 Å². The van der Waals surface area contributed by atoms with E-state index in [0.717, 1.165) is 11.3 Å². The SMILES string of the molecule is Cc1c[c-]c(N(C)[C-]=O)cc1C.[W+2]. The van der Waals surface area contributed by atoms with Crippen LogP contribution in [0.1, 0.15) is 11.1 Å². The molecule has 0 saturated carbocycles. The van der Waals surface area contributed by atoms with Crippen LogP contribution in [-0.2, 0) is 25.9 Å². The summed E-state index contributed by atoms with van der Waals surface area (Å²) in [5.74, 6) is 0. The van der Waals surface area contributed by atoms with Gasteiger partial charge >= 0.3 is 21.1 Å². The number of carbonyl (C=O) groups excluding carboxylic acids is 1. The van der Waals surface area contributed by atoms with Gasteiger partial charge in [-0.25, -0.2) is 11.8 Å². The van der Waals surface area contributed by atoms with Crippen molar-refractivity contribution in [2.24, 2.45) is 0 Å². The molecule has 0 radical (unpaired) electrons. The second-order valence-corrected chi connectivity index (χ2v) is 2.83. The fourth-order valence-corrected chi connectivity index (χ4v) is 0.899. The van der Waals surface area contributed by atoms with Crippen molar-refractivity contribution < 1.29 is 25.9 Å². The average molecular weight is 345 g/mol. The summed E-state index contributed by atoms with van der Waals surface area (Å²) >= 11 is 0. The fourth-order valence-electron chi connectivity index (χ4n) is 0.899. The van der Waals surface area contributed by atoms with E-state index in [1.54, 1.807) is 13.5 Å². The van der Waals surface area contributed by atoms with Crippen molar-refractivity contribution in [1.29, 1.82) is 0 Å². The van der Waals surface area contributed by atoms with Crippen LogP contribution in [0.2, 0.25) is 0 Å². The van der Waals surface area contributed by atoms with Gasteiger partial charge in [0.2, 0.25) is 0 Å². The zero-order valence-corrected chi connectivity index (χ0v) is 10.9. The molecule has 0 bridgehead atoms. The standard InChI is InChI=1S/C10H11NO.W/c1-8-4-5-10(6-9(8)2)11(3)7-12;/h4,6H,1-3H3;/q-2;+2.